The maximum Gasteiger partial charge on any atom is 0.418 e. The Hall–Kier alpha value is -3.95. The molecule has 2 aromatic heterocycles. The van der Waals surface area contributed by atoms with E-state index in [1.165, 1.54) is 30.3 Å². The molecule has 4 rings (SSSR count). The van der Waals surface area contributed by atoms with Crippen LogP contribution in [0.15, 0.2) is 66.9 Å². The van der Waals surface area contributed by atoms with Crippen LogP contribution in [0.2, 0.25) is 0 Å². The van der Waals surface area contributed by atoms with Gasteiger partial charge in [0, 0.05) is 24.8 Å². The number of halogens is 4. The molecule has 0 saturated carbocycles. The molecule has 0 spiro atoms. The number of alkyl halides is 3. The molecule has 2 heterocycles. The lowest BCUT2D eigenvalue weighted by Crippen LogP contribution is -2.31. The van der Waals surface area contributed by atoms with Crippen molar-refractivity contribution < 1.29 is 22.4 Å². The van der Waals surface area contributed by atoms with Crippen molar-refractivity contribution in [3.8, 4) is 5.69 Å². The third-order valence-corrected chi connectivity index (χ3v) is 4.69. The zero-order valence-corrected chi connectivity index (χ0v) is 16.5. The maximum absolute atomic E-state index is 13.3. The zero-order valence-electron chi connectivity index (χ0n) is 16.5. The summed E-state index contributed by atoms with van der Waals surface area (Å²) in [5, 5.41) is 4.77. The predicted molar refractivity (Wildman–Crippen MR) is 111 cm³/mol. The van der Waals surface area contributed by atoms with Crippen molar-refractivity contribution in [2.24, 2.45) is 0 Å². The number of aromatic nitrogens is 3. The van der Waals surface area contributed by atoms with Crippen molar-refractivity contribution in [1.82, 2.24) is 19.9 Å². The van der Waals surface area contributed by atoms with Crippen molar-refractivity contribution in [2.45, 2.75) is 12.6 Å². The molecular formula is C22H17F4N5O. The van der Waals surface area contributed by atoms with Crippen molar-refractivity contribution in [3.05, 3.63) is 84.1 Å². The second kappa shape index (κ2) is 8.66. The number of carbonyl (C=O) groups is 1. The third-order valence-electron chi connectivity index (χ3n) is 4.69. The first-order valence-electron chi connectivity index (χ1n) is 9.62. The Morgan fingerprint density at radius 3 is 2.50 bits per heavy atom. The molecule has 4 aromatic rings. The second-order valence-electron chi connectivity index (χ2n) is 6.86. The standard InChI is InChI=1S/C22H17F4N5O/c23-14-7-9-15(10-8-14)31-19(29-18-6-3-12-27-20(18)31)11-13-28-21(32)30-17-5-2-1-4-16(17)22(24,25)26/h1-10,12H,11,13H2,(H2,28,30,32). The molecule has 0 aliphatic heterocycles. The van der Waals surface area contributed by atoms with E-state index in [9.17, 15) is 22.4 Å². The Balaban J connectivity index is 1.49. The second-order valence-corrected chi connectivity index (χ2v) is 6.86. The third kappa shape index (κ3) is 4.53. The molecule has 32 heavy (non-hydrogen) atoms. The number of amides is 2. The van der Waals surface area contributed by atoms with Crippen LogP contribution in [0.3, 0.4) is 0 Å². The van der Waals surface area contributed by atoms with E-state index in [1.54, 1.807) is 35.0 Å². The Labute approximate surface area is 179 Å². The molecule has 164 valence electrons. The first kappa shape index (κ1) is 21.3. The highest BCUT2D eigenvalue weighted by atomic mass is 19.4. The first-order chi connectivity index (χ1) is 15.3. The van der Waals surface area contributed by atoms with E-state index in [2.05, 4.69) is 20.6 Å². The van der Waals surface area contributed by atoms with Gasteiger partial charge in [-0.05, 0) is 48.5 Å². The minimum Gasteiger partial charge on any atom is -0.337 e. The molecule has 2 aromatic carbocycles. The van der Waals surface area contributed by atoms with E-state index in [0.717, 1.165) is 6.07 Å². The van der Waals surface area contributed by atoms with Crippen LogP contribution in [0.4, 0.5) is 28.0 Å². The SMILES string of the molecule is O=C(NCCc1nc2cccnc2n1-c1ccc(F)cc1)Nc1ccccc1C(F)(F)F. The summed E-state index contributed by atoms with van der Waals surface area (Å²) in [6.45, 7) is 0.102. The number of fused-ring (bicyclic) bond motifs is 1. The van der Waals surface area contributed by atoms with Crippen LogP contribution >= 0.6 is 0 Å². The molecule has 10 heteroatoms. The Morgan fingerprint density at radius 2 is 1.75 bits per heavy atom. The van der Waals surface area contributed by atoms with Gasteiger partial charge in [-0.1, -0.05) is 12.1 Å². The van der Waals surface area contributed by atoms with Crippen LogP contribution in [0, 0.1) is 5.82 Å². The first-order valence-corrected chi connectivity index (χ1v) is 9.62. The van der Waals surface area contributed by atoms with Crippen molar-refractivity contribution >= 4 is 22.9 Å². The van der Waals surface area contributed by atoms with Gasteiger partial charge in [-0.2, -0.15) is 13.2 Å². The molecule has 0 fully saturated rings. The van der Waals surface area contributed by atoms with Gasteiger partial charge in [0.2, 0.25) is 0 Å². The van der Waals surface area contributed by atoms with Gasteiger partial charge in [0.1, 0.15) is 17.2 Å². The van der Waals surface area contributed by atoms with Crippen molar-refractivity contribution in [1.29, 1.82) is 0 Å². The van der Waals surface area contributed by atoms with E-state index in [1.807, 2.05) is 0 Å². The maximum atomic E-state index is 13.3. The van der Waals surface area contributed by atoms with Crippen LogP contribution in [0.1, 0.15) is 11.4 Å². The van der Waals surface area contributed by atoms with Gasteiger partial charge in [-0.15, -0.1) is 0 Å². The fourth-order valence-corrected chi connectivity index (χ4v) is 3.28. The lowest BCUT2D eigenvalue weighted by Gasteiger charge is -2.14. The summed E-state index contributed by atoms with van der Waals surface area (Å²) in [7, 11) is 0. The Kier molecular flexibility index (Phi) is 5.76. The van der Waals surface area contributed by atoms with Crippen molar-refractivity contribution in [2.75, 3.05) is 11.9 Å². The number of benzene rings is 2. The fraction of sp³-hybridized carbons (Fsp3) is 0.136. The summed E-state index contributed by atoms with van der Waals surface area (Å²) >= 11 is 0. The van der Waals surface area contributed by atoms with Gasteiger partial charge in [-0.3, -0.25) is 4.57 Å². The summed E-state index contributed by atoms with van der Waals surface area (Å²) < 4.78 is 54.4. The van der Waals surface area contributed by atoms with E-state index in [-0.39, 0.29) is 24.5 Å². The Morgan fingerprint density at radius 1 is 1.00 bits per heavy atom. The number of rotatable bonds is 5. The normalized spacial score (nSPS) is 11.5. The molecule has 2 amide bonds. The highest BCUT2D eigenvalue weighted by molar-refractivity contribution is 5.90. The number of pyridine rings is 1. The summed E-state index contributed by atoms with van der Waals surface area (Å²) in [4.78, 5) is 21.0. The molecular weight excluding hydrogens is 426 g/mol. The largest absolute Gasteiger partial charge is 0.418 e. The average Bonchev–Trinajstić information content (AvgIpc) is 3.12. The van der Waals surface area contributed by atoms with Crippen molar-refractivity contribution in [3.63, 3.8) is 0 Å². The van der Waals surface area contributed by atoms with Crippen LogP contribution in [-0.2, 0) is 12.6 Å². The summed E-state index contributed by atoms with van der Waals surface area (Å²) in [5.74, 6) is 0.173. The van der Waals surface area contributed by atoms with Crippen LogP contribution in [-0.4, -0.2) is 27.1 Å². The highest BCUT2D eigenvalue weighted by Gasteiger charge is 2.33. The fourth-order valence-electron chi connectivity index (χ4n) is 3.28. The molecule has 0 atom stereocenters. The lowest BCUT2D eigenvalue weighted by atomic mass is 10.1. The molecule has 6 nitrogen and oxygen atoms in total. The van der Waals surface area contributed by atoms with Gasteiger partial charge >= 0.3 is 12.2 Å². The molecule has 0 aliphatic carbocycles. The van der Waals surface area contributed by atoms with Crippen LogP contribution < -0.4 is 10.6 Å². The predicted octanol–water partition coefficient (Wildman–Crippen LogP) is 4.94. The minimum atomic E-state index is -4.59. The van der Waals surface area contributed by atoms with E-state index in [0.29, 0.717) is 22.7 Å². The molecule has 2 N–H and O–H groups in total. The number of imidazole rings is 1. The number of nitrogens with one attached hydrogen (secondary N) is 2. The summed E-state index contributed by atoms with van der Waals surface area (Å²) in [6, 6.07) is 13.3. The monoisotopic (exact) mass is 443 g/mol. The number of carbonyl (C=O) groups excluding carboxylic acids is 1. The number of hydrogen-bond donors (Lipinski definition) is 2. The number of anilines is 1. The number of nitrogens with zero attached hydrogens (tertiary/aromatic N) is 3. The highest BCUT2D eigenvalue weighted by Crippen LogP contribution is 2.34. The van der Waals surface area contributed by atoms with Gasteiger partial charge < -0.3 is 10.6 Å². The minimum absolute atomic E-state index is 0.102. The van der Waals surface area contributed by atoms with E-state index < -0.39 is 17.8 Å². The van der Waals surface area contributed by atoms with Crippen LogP contribution in [0.25, 0.3) is 16.9 Å². The van der Waals surface area contributed by atoms with E-state index >= 15 is 0 Å². The smallest absolute Gasteiger partial charge is 0.337 e. The molecule has 0 saturated heterocycles. The summed E-state index contributed by atoms with van der Waals surface area (Å²) in [6.07, 6.45) is -2.71. The van der Waals surface area contributed by atoms with E-state index in [4.69, 9.17) is 0 Å². The number of hydrogen-bond acceptors (Lipinski definition) is 3. The molecule has 0 radical (unpaired) electrons. The molecule has 0 unspecified atom stereocenters. The molecule has 0 bridgehead atoms. The topological polar surface area (TPSA) is 71.8 Å². The lowest BCUT2D eigenvalue weighted by molar-refractivity contribution is -0.136. The zero-order chi connectivity index (χ0) is 22.7. The van der Waals surface area contributed by atoms with Gasteiger partial charge in [-0.25, -0.2) is 19.2 Å². The quantitative estimate of drug-likeness (QED) is 0.429. The summed E-state index contributed by atoms with van der Waals surface area (Å²) in [5.41, 5.74) is 0.568. The van der Waals surface area contributed by atoms with Crippen LogP contribution in [0.5, 0.6) is 0 Å². The van der Waals surface area contributed by atoms with Gasteiger partial charge in [0.25, 0.3) is 0 Å². The van der Waals surface area contributed by atoms with Gasteiger partial charge in [0.05, 0.1) is 11.3 Å². The average molecular weight is 443 g/mol. The Bertz CT molecular complexity index is 1250. The number of para-hydroxylation sites is 1. The van der Waals surface area contributed by atoms with Gasteiger partial charge in [0.15, 0.2) is 5.65 Å². The molecule has 0 aliphatic rings. The number of urea groups is 1.